The lowest BCUT2D eigenvalue weighted by molar-refractivity contribution is 0.0662. The maximum Gasteiger partial charge on any atom is 0.373 e. The number of aryl methyl sites for hydroxylation is 1. The van der Waals surface area contributed by atoms with Gasteiger partial charge in [-0.25, -0.2) is 9.78 Å². The zero-order valence-corrected chi connectivity index (χ0v) is 11.5. The Kier molecular flexibility index (Phi) is 3.93. The number of hydrogen-bond donors (Lipinski definition) is 1. The van der Waals surface area contributed by atoms with Gasteiger partial charge >= 0.3 is 5.97 Å². The fourth-order valence-electron chi connectivity index (χ4n) is 1.81. The smallest absolute Gasteiger partial charge is 0.373 e. The summed E-state index contributed by atoms with van der Waals surface area (Å²) < 4.78 is 15.7. The molecule has 0 saturated heterocycles. The van der Waals surface area contributed by atoms with Crippen LogP contribution >= 0.6 is 0 Å². The quantitative estimate of drug-likeness (QED) is 0.904. The van der Waals surface area contributed by atoms with Crippen LogP contribution < -0.4 is 9.47 Å². The molecule has 2 rings (SSSR count). The molecule has 0 radical (unpaired) electrons. The molecular formula is C14H15NO5. The minimum absolute atomic E-state index is 0.135. The number of oxazole rings is 1. The van der Waals surface area contributed by atoms with Crippen LogP contribution in [0.2, 0.25) is 0 Å². The average molecular weight is 277 g/mol. The van der Waals surface area contributed by atoms with Gasteiger partial charge in [0.15, 0.2) is 0 Å². The van der Waals surface area contributed by atoms with E-state index in [9.17, 15) is 4.79 Å². The van der Waals surface area contributed by atoms with E-state index in [1.54, 1.807) is 18.2 Å². The van der Waals surface area contributed by atoms with Gasteiger partial charge in [-0.1, -0.05) is 6.92 Å². The van der Waals surface area contributed by atoms with E-state index in [4.69, 9.17) is 19.0 Å². The third-order valence-corrected chi connectivity index (χ3v) is 2.82. The van der Waals surface area contributed by atoms with Crippen LogP contribution in [0.5, 0.6) is 11.5 Å². The second-order valence-electron chi connectivity index (χ2n) is 4.05. The number of carboxylic acid groups (broad SMARTS) is 1. The number of rotatable bonds is 5. The Labute approximate surface area is 116 Å². The Balaban J connectivity index is 2.53. The van der Waals surface area contributed by atoms with E-state index in [1.165, 1.54) is 14.2 Å². The third kappa shape index (κ3) is 2.59. The van der Waals surface area contributed by atoms with Crippen molar-refractivity contribution in [2.24, 2.45) is 0 Å². The first-order valence-corrected chi connectivity index (χ1v) is 6.05. The monoisotopic (exact) mass is 277 g/mol. The highest BCUT2D eigenvalue weighted by atomic mass is 16.5. The molecular weight excluding hydrogens is 262 g/mol. The summed E-state index contributed by atoms with van der Waals surface area (Å²) in [6.07, 6.45) is 0.478. The summed E-state index contributed by atoms with van der Waals surface area (Å²) in [5, 5.41) is 9.08. The molecule has 0 atom stereocenters. The van der Waals surface area contributed by atoms with Crippen molar-refractivity contribution in [3.63, 3.8) is 0 Å². The van der Waals surface area contributed by atoms with Gasteiger partial charge in [-0.2, -0.15) is 0 Å². The Hall–Kier alpha value is -2.50. The SMILES string of the molecule is CCc1nc(-c2cc(OC)cc(OC)c2)oc1C(=O)O. The topological polar surface area (TPSA) is 81.8 Å². The number of ether oxygens (including phenoxy) is 2. The zero-order valence-electron chi connectivity index (χ0n) is 11.5. The molecule has 20 heavy (non-hydrogen) atoms. The molecule has 6 heteroatoms. The predicted octanol–water partition coefficient (Wildman–Crippen LogP) is 2.62. The van der Waals surface area contributed by atoms with Crippen LogP contribution in [-0.2, 0) is 6.42 Å². The second kappa shape index (κ2) is 5.64. The fraction of sp³-hybridized carbons (Fsp3) is 0.286. The van der Waals surface area contributed by atoms with Gasteiger partial charge in [-0.3, -0.25) is 0 Å². The highest BCUT2D eigenvalue weighted by Gasteiger charge is 2.19. The largest absolute Gasteiger partial charge is 0.497 e. The Morgan fingerprint density at radius 2 is 1.85 bits per heavy atom. The average Bonchev–Trinajstić information content (AvgIpc) is 2.91. The van der Waals surface area contributed by atoms with E-state index in [0.29, 0.717) is 29.2 Å². The summed E-state index contributed by atoms with van der Waals surface area (Å²) in [7, 11) is 3.07. The zero-order chi connectivity index (χ0) is 14.7. The van der Waals surface area contributed by atoms with E-state index in [-0.39, 0.29) is 11.7 Å². The second-order valence-corrected chi connectivity index (χ2v) is 4.05. The van der Waals surface area contributed by atoms with Crippen LogP contribution in [0.1, 0.15) is 23.2 Å². The first-order valence-electron chi connectivity index (χ1n) is 6.05. The molecule has 0 saturated carbocycles. The van der Waals surface area contributed by atoms with E-state index >= 15 is 0 Å². The van der Waals surface area contributed by atoms with Crippen LogP contribution in [0, 0.1) is 0 Å². The normalized spacial score (nSPS) is 10.3. The number of methoxy groups -OCH3 is 2. The molecule has 0 aliphatic carbocycles. The summed E-state index contributed by atoms with van der Waals surface area (Å²) in [5.74, 6) is 0.121. The lowest BCUT2D eigenvalue weighted by atomic mass is 10.2. The third-order valence-electron chi connectivity index (χ3n) is 2.82. The van der Waals surface area contributed by atoms with Crippen molar-refractivity contribution in [2.45, 2.75) is 13.3 Å². The fourth-order valence-corrected chi connectivity index (χ4v) is 1.81. The first kappa shape index (κ1) is 13.9. The molecule has 106 valence electrons. The van der Waals surface area contributed by atoms with Gasteiger partial charge in [0, 0.05) is 11.6 Å². The maximum atomic E-state index is 11.1. The summed E-state index contributed by atoms with van der Waals surface area (Å²) in [6, 6.07) is 5.13. The highest BCUT2D eigenvalue weighted by molar-refractivity contribution is 5.86. The van der Waals surface area contributed by atoms with Crippen molar-refractivity contribution in [1.82, 2.24) is 4.98 Å². The molecule has 0 aliphatic heterocycles. The summed E-state index contributed by atoms with van der Waals surface area (Å²) in [5.41, 5.74) is 1.01. The van der Waals surface area contributed by atoms with E-state index in [1.807, 2.05) is 6.92 Å². The lowest BCUT2D eigenvalue weighted by Gasteiger charge is -2.05. The van der Waals surface area contributed by atoms with Gasteiger partial charge in [-0.15, -0.1) is 0 Å². The molecule has 1 aromatic carbocycles. The van der Waals surface area contributed by atoms with E-state index in [2.05, 4.69) is 4.98 Å². The molecule has 0 spiro atoms. The van der Waals surface area contributed by atoms with Crippen molar-refractivity contribution >= 4 is 5.97 Å². The summed E-state index contributed by atoms with van der Waals surface area (Å²) in [4.78, 5) is 15.3. The van der Waals surface area contributed by atoms with Crippen molar-refractivity contribution in [1.29, 1.82) is 0 Å². The highest BCUT2D eigenvalue weighted by Crippen LogP contribution is 2.30. The number of hydrogen-bond acceptors (Lipinski definition) is 5. The molecule has 0 unspecified atom stereocenters. The molecule has 0 aliphatic rings. The van der Waals surface area contributed by atoms with Crippen LogP contribution in [-0.4, -0.2) is 30.3 Å². The Bertz CT molecular complexity index is 610. The van der Waals surface area contributed by atoms with Gasteiger partial charge < -0.3 is 19.0 Å². The number of carboxylic acids is 1. The molecule has 1 heterocycles. The maximum absolute atomic E-state index is 11.1. The molecule has 1 aromatic heterocycles. The number of carbonyl (C=O) groups is 1. The standard InChI is InChI=1S/C14H15NO5/c1-4-11-12(14(16)17)20-13(15-11)8-5-9(18-2)7-10(6-8)19-3/h5-7H,4H2,1-3H3,(H,16,17). The molecule has 6 nitrogen and oxygen atoms in total. The van der Waals surface area contributed by atoms with E-state index < -0.39 is 5.97 Å². The number of benzene rings is 1. The lowest BCUT2D eigenvalue weighted by Crippen LogP contribution is -1.98. The molecule has 0 bridgehead atoms. The Morgan fingerprint density at radius 3 is 2.25 bits per heavy atom. The van der Waals surface area contributed by atoms with Crippen LogP contribution in [0.3, 0.4) is 0 Å². The van der Waals surface area contributed by atoms with Crippen LogP contribution in [0.4, 0.5) is 0 Å². The molecule has 2 aromatic rings. The van der Waals surface area contributed by atoms with E-state index in [0.717, 1.165) is 0 Å². The number of nitrogens with zero attached hydrogens (tertiary/aromatic N) is 1. The van der Waals surface area contributed by atoms with Gasteiger partial charge in [0.25, 0.3) is 0 Å². The molecule has 1 N–H and O–H groups in total. The van der Waals surface area contributed by atoms with Gasteiger partial charge in [0.05, 0.1) is 19.9 Å². The predicted molar refractivity (Wildman–Crippen MR) is 71.4 cm³/mol. The van der Waals surface area contributed by atoms with Gasteiger partial charge in [0.2, 0.25) is 11.7 Å². The number of aromatic nitrogens is 1. The van der Waals surface area contributed by atoms with Crippen LogP contribution in [0.25, 0.3) is 11.5 Å². The minimum Gasteiger partial charge on any atom is -0.497 e. The van der Waals surface area contributed by atoms with Crippen molar-refractivity contribution in [2.75, 3.05) is 14.2 Å². The molecule has 0 fully saturated rings. The number of aromatic carboxylic acids is 1. The summed E-state index contributed by atoms with van der Waals surface area (Å²) >= 11 is 0. The Morgan fingerprint density at radius 1 is 1.25 bits per heavy atom. The van der Waals surface area contributed by atoms with Gasteiger partial charge in [-0.05, 0) is 18.6 Å². The molecule has 0 amide bonds. The van der Waals surface area contributed by atoms with Crippen molar-refractivity contribution < 1.29 is 23.8 Å². The van der Waals surface area contributed by atoms with Crippen LogP contribution in [0.15, 0.2) is 22.6 Å². The van der Waals surface area contributed by atoms with Crippen molar-refractivity contribution in [3.05, 3.63) is 29.7 Å². The van der Waals surface area contributed by atoms with Crippen molar-refractivity contribution in [3.8, 4) is 23.0 Å². The first-order chi connectivity index (χ1) is 9.58. The van der Waals surface area contributed by atoms with Gasteiger partial charge in [0.1, 0.15) is 11.5 Å². The minimum atomic E-state index is -1.13. The summed E-state index contributed by atoms with van der Waals surface area (Å²) in [6.45, 7) is 1.82.